The first-order valence-electron chi connectivity index (χ1n) is 14.4. The Morgan fingerprint density at radius 2 is 1.83 bits per heavy atom. The molecule has 0 bridgehead atoms. The second-order valence-electron chi connectivity index (χ2n) is 13.2. The maximum atomic E-state index is 14.1. The highest BCUT2D eigenvalue weighted by atomic mass is 16.6. The lowest BCUT2D eigenvalue weighted by Crippen LogP contribution is -2.57. The number of carbonyl (C=O) groups is 4. The SMILES string of the molecule is COC[C@H]1OC(=O)/C(=C\Nc2ccc(C(C)(C)C)cc2)C2=C(O)C(=O)C3=C([C@H](OC(C)=O)C[C@]4(C)C(=O)CC[C@@H]34)[C@]21C. The molecule has 1 aromatic carbocycles. The van der Waals surface area contributed by atoms with Gasteiger partial charge in [0.05, 0.1) is 17.6 Å². The van der Waals surface area contributed by atoms with Crippen LogP contribution in [-0.4, -0.2) is 54.5 Å². The molecule has 0 aromatic heterocycles. The van der Waals surface area contributed by atoms with Gasteiger partial charge >= 0.3 is 11.9 Å². The summed E-state index contributed by atoms with van der Waals surface area (Å²) < 4.78 is 17.2. The summed E-state index contributed by atoms with van der Waals surface area (Å²) in [6.07, 6.45) is 0.478. The number of fused-ring (bicyclic) bond motifs is 4. The zero-order chi connectivity index (χ0) is 30.8. The van der Waals surface area contributed by atoms with Crippen molar-refractivity contribution < 1.29 is 38.5 Å². The summed E-state index contributed by atoms with van der Waals surface area (Å²) in [5, 5.41) is 14.7. The minimum atomic E-state index is -1.28. The summed E-state index contributed by atoms with van der Waals surface area (Å²) in [6.45, 7) is 11.2. The van der Waals surface area contributed by atoms with Crippen molar-refractivity contribution in [3.8, 4) is 0 Å². The van der Waals surface area contributed by atoms with Gasteiger partial charge in [0.25, 0.3) is 0 Å². The minimum Gasteiger partial charge on any atom is -0.504 e. The quantitative estimate of drug-likeness (QED) is 0.372. The maximum Gasteiger partial charge on any atom is 0.340 e. The number of cyclic esters (lactones) is 1. The van der Waals surface area contributed by atoms with E-state index in [0.29, 0.717) is 17.7 Å². The third-order valence-electron chi connectivity index (χ3n) is 9.55. The summed E-state index contributed by atoms with van der Waals surface area (Å²) >= 11 is 0. The van der Waals surface area contributed by atoms with E-state index >= 15 is 0 Å². The monoisotopic (exact) mass is 577 g/mol. The molecule has 42 heavy (non-hydrogen) atoms. The molecule has 224 valence electrons. The van der Waals surface area contributed by atoms with Crippen molar-refractivity contribution in [3.05, 3.63) is 64.1 Å². The zero-order valence-electron chi connectivity index (χ0n) is 25.3. The summed E-state index contributed by atoms with van der Waals surface area (Å²) in [4.78, 5) is 52.9. The molecular formula is C33H39NO8. The van der Waals surface area contributed by atoms with E-state index in [0.717, 1.165) is 5.56 Å². The number of rotatable bonds is 5. The molecule has 1 saturated heterocycles. The fourth-order valence-corrected chi connectivity index (χ4v) is 7.32. The number of anilines is 1. The van der Waals surface area contributed by atoms with Crippen LogP contribution in [0.2, 0.25) is 0 Å². The number of allylic oxidation sites excluding steroid dienone is 1. The first-order valence-corrected chi connectivity index (χ1v) is 14.4. The number of ether oxygens (including phenoxy) is 3. The van der Waals surface area contributed by atoms with Crippen molar-refractivity contribution in [2.24, 2.45) is 16.7 Å². The molecule has 1 heterocycles. The minimum absolute atomic E-state index is 0.00537. The number of hydrogen-bond donors (Lipinski definition) is 2. The average molecular weight is 578 g/mol. The molecule has 1 saturated carbocycles. The Morgan fingerprint density at radius 1 is 1.17 bits per heavy atom. The van der Waals surface area contributed by atoms with Crippen LogP contribution < -0.4 is 5.32 Å². The highest BCUT2D eigenvalue weighted by molar-refractivity contribution is 6.14. The largest absolute Gasteiger partial charge is 0.504 e. The molecule has 0 unspecified atom stereocenters. The van der Waals surface area contributed by atoms with E-state index in [1.807, 2.05) is 24.3 Å². The van der Waals surface area contributed by atoms with Gasteiger partial charge in [0.2, 0.25) is 5.78 Å². The fourth-order valence-electron chi connectivity index (χ4n) is 7.32. The van der Waals surface area contributed by atoms with Crippen molar-refractivity contribution in [3.63, 3.8) is 0 Å². The third-order valence-corrected chi connectivity index (χ3v) is 9.55. The number of carbonyl (C=O) groups excluding carboxylic acids is 4. The summed E-state index contributed by atoms with van der Waals surface area (Å²) in [7, 11) is 1.47. The van der Waals surface area contributed by atoms with Gasteiger partial charge in [-0.1, -0.05) is 39.8 Å². The second-order valence-corrected chi connectivity index (χ2v) is 13.2. The van der Waals surface area contributed by atoms with E-state index in [9.17, 15) is 24.3 Å². The molecule has 2 N–H and O–H groups in total. The van der Waals surface area contributed by atoms with Crippen molar-refractivity contribution in [2.45, 2.75) is 78.4 Å². The number of nitrogens with one attached hydrogen (secondary N) is 1. The Bertz CT molecular complexity index is 1460. The molecule has 0 radical (unpaired) electrons. The van der Waals surface area contributed by atoms with Crippen LogP contribution in [0.5, 0.6) is 0 Å². The summed E-state index contributed by atoms with van der Waals surface area (Å²) in [6, 6.07) is 7.75. The molecule has 3 aliphatic carbocycles. The summed E-state index contributed by atoms with van der Waals surface area (Å²) in [5.74, 6) is -3.00. The van der Waals surface area contributed by atoms with Crippen LogP contribution in [-0.2, 0) is 38.8 Å². The Balaban J connectivity index is 1.67. The van der Waals surface area contributed by atoms with E-state index in [1.165, 1.54) is 20.2 Å². The molecule has 1 aliphatic heterocycles. The van der Waals surface area contributed by atoms with Crippen LogP contribution >= 0.6 is 0 Å². The lowest BCUT2D eigenvalue weighted by molar-refractivity contribution is -0.160. The van der Waals surface area contributed by atoms with Gasteiger partial charge in [-0.25, -0.2) is 4.79 Å². The first kappa shape index (κ1) is 29.8. The normalized spacial score (nSPS) is 31.9. The second kappa shape index (κ2) is 10.2. The van der Waals surface area contributed by atoms with E-state index in [-0.39, 0.29) is 47.4 Å². The number of ketones is 2. The molecule has 9 heteroatoms. The van der Waals surface area contributed by atoms with E-state index in [1.54, 1.807) is 13.8 Å². The van der Waals surface area contributed by atoms with E-state index in [4.69, 9.17) is 14.2 Å². The molecule has 1 aromatic rings. The van der Waals surface area contributed by atoms with Crippen molar-refractivity contribution in [1.29, 1.82) is 0 Å². The van der Waals surface area contributed by atoms with Crippen LogP contribution in [0.15, 0.2) is 58.5 Å². The van der Waals surface area contributed by atoms with Gasteiger partial charge in [0.15, 0.2) is 5.76 Å². The molecule has 2 fully saturated rings. The van der Waals surface area contributed by atoms with E-state index < -0.39 is 52.4 Å². The predicted octanol–water partition coefficient (Wildman–Crippen LogP) is 4.87. The van der Waals surface area contributed by atoms with Crippen LogP contribution in [0.4, 0.5) is 5.69 Å². The Labute approximate surface area is 246 Å². The number of methoxy groups -OCH3 is 1. The smallest absolute Gasteiger partial charge is 0.340 e. The maximum absolute atomic E-state index is 14.1. The molecular weight excluding hydrogens is 538 g/mol. The first-order chi connectivity index (χ1) is 19.6. The molecule has 0 spiro atoms. The number of hydrogen-bond acceptors (Lipinski definition) is 9. The van der Waals surface area contributed by atoms with Crippen LogP contribution in [0.1, 0.15) is 66.4 Å². The number of Topliss-reactive ketones (excluding diaryl/α,β-unsaturated/α-hetero) is 2. The molecule has 5 atom stereocenters. The van der Waals surface area contributed by atoms with Gasteiger partial charge < -0.3 is 24.6 Å². The van der Waals surface area contributed by atoms with Gasteiger partial charge in [-0.3, -0.25) is 14.4 Å². The van der Waals surface area contributed by atoms with Crippen LogP contribution in [0.3, 0.4) is 0 Å². The Hall–Kier alpha value is -3.72. The zero-order valence-corrected chi connectivity index (χ0v) is 25.3. The number of esters is 2. The summed E-state index contributed by atoms with van der Waals surface area (Å²) in [5.41, 5.74) is 0.395. The lowest BCUT2D eigenvalue weighted by Gasteiger charge is -2.53. The van der Waals surface area contributed by atoms with Crippen LogP contribution in [0.25, 0.3) is 0 Å². The standard InChI is InChI=1S/C33H39NO8/c1-17(35)41-22-14-32(5)21(12-13-23(32)36)25-27(22)33(6)24(16-40-7)42-30(39)20(26(33)29(38)28(25)37)15-34-19-10-8-18(9-11-19)31(2,3)4/h8-11,15,21-22,24,34,38H,12-14,16H2,1-7H3/b20-15-/t21-,22+,24+,32-,33-/m0/s1. The third kappa shape index (κ3) is 4.49. The predicted molar refractivity (Wildman–Crippen MR) is 154 cm³/mol. The molecule has 9 nitrogen and oxygen atoms in total. The van der Waals surface area contributed by atoms with Crippen LogP contribution in [0, 0.1) is 16.7 Å². The molecule has 0 amide bonds. The Morgan fingerprint density at radius 3 is 2.43 bits per heavy atom. The van der Waals surface area contributed by atoms with E-state index in [2.05, 4.69) is 26.1 Å². The van der Waals surface area contributed by atoms with Crippen molar-refractivity contribution in [2.75, 3.05) is 19.0 Å². The highest BCUT2D eigenvalue weighted by Gasteiger charge is 2.64. The Kier molecular flexibility index (Phi) is 7.24. The average Bonchev–Trinajstić information content (AvgIpc) is 3.20. The number of aliphatic hydroxyl groups excluding tert-OH is 1. The fraction of sp³-hybridized carbons (Fsp3) is 0.515. The number of aliphatic hydroxyl groups is 1. The van der Waals surface area contributed by atoms with Crippen molar-refractivity contribution in [1.82, 2.24) is 0 Å². The van der Waals surface area contributed by atoms with Gasteiger partial charge in [0.1, 0.15) is 18.0 Å². The van der Waals surface area contributed by atoms with Gasteiger partial charge in [-0.2, -0.15) is 0 Å². The molecule has 4 aliphatic rings. The van der Waals surface area contributed by atoms with Gasteiger partial charge in [-0.05, 0) is 42.0 Å². The number of benzene rings is 1. The molecule has 5 rings (SSSR count). The van der Waals surface area contributed by atoms with Gasteiger partial charge in [-0.15, -0.1) is 0 Å². The van der Waals surface area contributed by atoms with Gasteiger partial charge in [0, 0.05) is 61.2 Å². The van der Waals surface area contributed by atoms with Crippen molar-refractivity contribution >= 4 is 29.2 Å². The lowest BCUT2D eigenvalue weighted by atomic mass is 9.53. The topological polar surface area (TPSA) is 128 Å². The highest BCUT2D eigenvalue weighted by Crippen LogP contribution is 2.62.